The van der Waals surface area contributed by atoms with Gasteiger partial charge >= 0.3 is 0 Å². The van der Waals surface area contributed by atoms with E-state index in [0.717, 1.165) is 52.0 Å². The summed E-state index contributed by atoms with van der Waals surface area (Å²) in [4.78, 5) is 13.9. The fourth-order valence-electron chi connectivity index (χ4n) is 2.00. The summed E-state index contributed by atoms with van der Waals surface area (Å²) in [5.41, 5.74) is 4.92. The second-order valence-corrected chi connectivity index (χ2v) is 5.15. The van der Waals surface area contributed by atoms with Crippen LogP contribution in [-0.4, -0.2) is 56.2 Å². The normalized spacial score (nSPS) is 14.6. The Hall–Kier alpha value is -0.650. The van der Waals surface area contributed by atoms with E-state index in [1.165, 1.54) is 0 Å². The molecule has 0 spiro atoms. The molecule has 0 bridgehead atoms. The van der Waals surface area contributed by atoms with Crippen LogP contribution in [0.25, 0.3) is 0 Å². The molecule has 0 saturated carbocycles. The standard InChI is InChI=1S/C14H31N3O2/c1-5-9-16-14(3,13(15)18)8-7-10-17(6-2)11-12-19-4/h16H,5-12H2,1-4H3,(H2,15,18). The van der Waals surface area contributed by atoms with Crippen molar-refractivity contribution in [3.63, 3.8) is 0 Å². The fraction of sp³-hybridized carbons (Fsp3) is 0.929. The van der Waals surface area contributed by atoms with Gasteiger partial charge in [0.1, 0.15) is 0 Å². The van der Waals surface area contributed by atoms with Gasteiger partial charge in [-0.25, -0.2) is 0 Å². The van der Waals surface area contributed by atoms with Gasteiger partial charge in [0.2, 0.25) is 5.91 Å². The number of carbonyl (C=O) groups is 1. The molecule has 5 nitrogen and oxygen atoms in total. The quantitative estimate of drug-likeness (QED) is 0.556. The monoisotopic (exact) mass is 273 g/mol. The molecule has 0 aliphatic heterocycles. The Morgan fingerprint density at radius 3 is 2.53 bits per heavy atom. The van der Waals surface area contributed by atoms with Crippen LogP contribution in [0.4, 0.5) is 0 Å². The topological polar surface area (TPSA) is 67.6 Å². The van der Waals surface area contributed by atoms with Crippen molar-refractivity contribution in [2.75, 3.05) is 39.9 Å². The molecule has 0 saturated heterocycles. The van der Waals surface area contributed by atoms with E-state index in [2.05, 4.69) is 24.1 Å². The number of nitrogens with two attached hydrogens (primary N) is 1. The lowest BCUT2D eigenvalue weighted by Gasteiger charge is -2.29. The van der Waals surface area contributed by atoms with Crippen LogP contribution in [0.15, 0.2) is 0 Å². The number of hydrogen-bond acceptors (Lipinski definition) is 4. The highest BCUT2D eigenvalue weighted by Crippen LogP contribution is 2.12. The van der Waals surface area contributed by atoms with Gasteiger partial charge in [-0.2, -0.15) is 0 Å². The van der Waals surface area contributed by atoms with E-state index in [1.54, 1.807) is 7.11 Å². The molecule has 1 unspecified atom stereocenters. The lowest BCUT2D eigenvalue weighted by molar-refractivity contribution is -0.124. The van der Waals surface area contributed by atoms with Gasteiger partial charge in [-0.3, -0.25) is 4.79 Å². The Morgan fingerprint density at radius 1 is 1.37 bits per heavy atom. The van der Waals surface area contributed by atoms with Crippen molar-refractivity contribution >= 4 is 5.91 Å². The SMILES string of the molecule is CCCNC(C)(CCCN(CC)CCOC)C(N)=O. The van der Waals surface area contributed by atoms with Crippen molar-refractivity contribution in [1.82, 2.24) is 10.2 Å². The van der Waals surface area contributed by atoms with Gasteiger partial charge in [0, 0.05) is 13.7 Å². The summed E-state index contributed by atoms with van der Waals surface area (Å²) < 4.78 is 5.08. The summed E-state index contributed by atoms with van der Waals surface area (Å²) in [6, 6.07) is 0. The lowest BCUT2D eigenvalue weighted by atomic mass is 9.94. The predicted molar refractivity (Wildman–Crippen MR) is 79.1 cm³/mol. The Labute approximate surface area is 117 Å². The smallest absolute Gasteiger partial charge is 0.237 e. The number of ether oxygens (including phenoxy) is 1. The largest absolute Gasteiger partial charge is 0.383 e. The van der Waals surface area contributed by atoms with E-state index in [-0.39, 0.29) is 5.91 Å². The molecule has 0 aromatic rings. The number of hydrogen-bond donors (Lipinski definition) is 2. The molecule has 5 heteroatoms. The van der Waals surface area contributed by atoms with Gasteiger partial charge in [-0.15, -0.1) is 0 Å². The van der Waals surface area contributed by atoms with Gasteiger partial charge in [-0.1, -0.05) is 13.8 Å². The van der Waals surface area contributed by atoms with Crippen LogP contribution in [0.5, 0.6) is 0 Å². The Morgan fingerprint density at radius 2 is 2.05 bits per heavy atom. The van der Waals surface area contributed by atoms with Gasteiger partial charge in [-0.05, 0) is 45.8 Å². The molecule has 1 amide bonds. The second kappa shape index (κ2) is 10.2. The fourth-order valence-corrected chi connectivity index (χ4v) is 2.00. The van der Waals surface area contributed by atoms with Crippen LogP contribution in [0.1, 0.15) is 40.0 Å². The Balaban J connectivity index is 4.13. The highest BCUT2D eigenvalue weighted by Gasteiger charge is 2.29. The number of amides is 1. The minimum absolute atomic E-state index is 0.263. The van der Waals surface area contributed by atoms with E-state index in [4.69, 9.17) is 10.5 Å². The van der Waals surface area contributed by atoms with E-state index >= 15 is 0 Å². The summed E-state index contributed by atoms with van der Waals surface area (Å²) in [5, 5.41) is 3.26. The van der Waals surface area contributed by atoms with Crippen LogP contribution in [0.2, 0.25) is 0 Å². The maximum absolute atomic E-state index is 11.6. The number of nitrogens with one attached hydrogen (secondary N) is 1. The van der Waals surface area contributed by atoms with Crippen LogP contribution >= 0.6 is 0 Å². The van der Waals surface area contributed by atoms with E-state index in [1.807, 2.05) is 6.92 Å². The van der Waals surface area contributed by atoms with Crippen molar-refractivity contribution in [3.8, 4) is 0 Å². The molecule has 1 atom stereocenters. The molecule has 19 heavy (non-hydrogen) atoms. The zero-order valence-electron chi connectivity index (χ0n) is 13.0. The molecule has 0 rings (SSSR count). The molecular formula is C14H31N3O2. The number of methoxy groups -OCH3 is 1. The predicted octanol–water partition coefficient (Wildman–Crippen LogP) is 0.979. The summed E-state index contributed by atoms with van der Waals surface area (Å²) in [7, 11) is 1.71. The first-order valence-electron chi connectivity index (χ1n) is 7.26. The van der Waals surface area contributed by atoms with Crippen molar-refractivity contribution in [2.45, 2.75) is 45.6 Å². The molecule has 0 aliphatic rings. The Kier molecular flexibility index (Phi) is 9.83. The maximum Gasteiger partial charge on any atom is 0.237 e. The summed E-state index contributed by atoms with van der Waals surface area (Å²) in [5.74, 6) is -0.263. The summed E-state index contributed by atoms with van der Waals surface area (Å²) in [6.45, 7) is 10.6. The average molecular weight is 273 g/mol. The van der Waals surface area contributed by atoms with E-state index in [9.17, 15) is 4.79 Å². The molecule has 0 heterocycles. The third kappa shape index (κ3) is 7.50. The van der Waals surface area contributed by atoms with Crippen LogP contribution in [0.3, 0.4) is 0 Å². The molecule has 0 fully saturated rings. The number of primary amides is 1. The zero-order chi connectivity index (χ0) is 14.7. The minimum Gasteiger partial charge on any atom is -0.383 e. The zero-order valence-corrected chi connectivity index (χ0v) is 13.0. The third-order valence-electron chi connectivity index (χ3n) is 3.52. The van der Waals surface area contributed by atoms with Crippen LogP contribution in [0, 0.1) is 0 Å². The van der Waals surface area contributed by atoms with E-state index in [0.29, 0.717) is 0 Å². The van der Waals surface area contributed by atoms with Crippen LogP contribution < -0.4 is 11.1 Å². The number of likely N-dealkylation sites (N-methyl/N-ethyl adjacent to an activating group) is 1. The second-order valence-electron chi connectivity index (χ2n) is 5.15. The van der Waals surface area contributed by atoms with Gasteiger partial charge in [0.15, 0.2) is 0 Å². The summed E-state index contributed by atoms with van der Waals surface area (Å²) >= 11 is 0. The third-order valence-corrected chi connectivity index (χ3v) is 3.52. The van der Waals surface area contributed by atoms with Gasteiger partial charge < -0.3 is 20.7 Å². The minimum atomic E-state index is -0.587. The first-order valence-corrected chi connectivity index (χ1v) is 7.26. The van der Waals surface area contributed by atoms with Crippen molar-refractivity contribution in [2.24, 2.45) is 5.73 Å². The van der Waals surface area contributed by atoms with Crippen molar-refractivity contribution < 1.29 is 9.53 Å². The highest BCUT2D eigenvalue weighted by molar-refractivity contribution is 5.84. The van der Waals surface area contributed by atoms with Gasteiger partial charge in [0.25, 0.3) is 0 Å². The first kappa shape index (κ1) is 18.4. The highest BCUT2D eigenvalue weighted by atomic mass is 16.5. The molecule has 114 valence electrons. The molecule has 0 aromatic heterocycles. The van der Waals surface area contributed by atoms with Crippen LogP contribution in [-0.2, 0) is 9.53 Å². The van der Waals surface area contributed by atoms with Gasteiger partial charge in [0.05, 0.1) is 12.1 Å². The van der Waals surface area contributed by atoms with Crippen molar-refractivity contribution in [3.05, 3.63) is 0 Å². The average Bonchev–Trinajstić information content (AvgIpc) is 2.40. The first-order chi connectivity index (χ1) is 9.00. The molecule has 0 aromatic carbocycles. The van der Waals surface area contributed by atoms with E-state index < -0.39 is 5.54 Å². The molecule has 0 radical (unpaired) electrons. The van der Waals surface area contributed by atoms with Crippen molar-refractivity contribution in [1.29, 1.82) is 0 Å². The molecule has 0 aliphatic carbocycles. The summed E-state index contributed by atoms with van der Waals surface area (Å²) in [6.07, 6.45) is 2.72. The number of nitrogens with zero attached hydrogens (tertiary/aromatic N) is 1. The molecular weight excluding hydrogens is 242 g/mol. The maximum atomic E-state index is 11.6. The lowest BCUT2D eigenvalue weighted by Crippen LogP contribution is -2.53. The Bertz CT molecular complexity index is 249. The molecule has 3 N–H and O–H groups in total. The number of carbonyl (C=O) groups excluding carboxylic acids is 1. The number of rotatable bonds is 12.